The molecule has 4 rings (SSSR count). The van der Waals surface area contributed by atoms with Gasteiger partial charge < -0.3 is 10.6 Å². The van der Waals surface area contributed by atoms with Gasteiger partial charge in [0.05, 0.1) is 11.2 Å². The number of fused-ring (bicyclic) bond motifs is 1. The summed E-state index contributed by atoms with van der Waals surface area (Å²) in [6, 6.07) is 17.7. The smallest absolute Gasteiger partial charge is 0.242 e. The van der Waals surface area contributed by atoms with Gasteiger partial charge in [-0.1, -0.05) is 48.5 Å². The zero-order valence-corrected chi connectivity index (χ0v) is 13.2. The molecular weight excluding hydrogens is 300 g/mol. The van der Waals surface area contributed by atoms with Gasteiger partial charge in [-0.15, -0.1) is 0 Å². The summed E-state index contributed by atoms with van der Waals surface area (Å²) in [4.78, 5) is 21.3. The Morgan fingerprint density at radius 2 is 1.79 bits per heavy atom. The SMILES string of the molecule is O=C1NCCC[C@@H]1Nc1nc(-c2ccccc2)c2ccccc2n1. The van der Waals surface area contributed by atoms with Crippen molar-refractivity contribution in [2.75, 3.05) is 11.9 Å². The fourth-order valence-corrected chi connectivity index (χ4v) is 3.02. The lowest BCUT2D eigenvalue weighted by atomic mass is 10.1. The first-order valence-electron chi connectivity index (χ1n) is 8.18. The molecule has 1 aliphatic heterocycles. The molecule has 120 valence electrons. The number of hydrogen-bond donors (Lipinski definition) is 2. The Balaban J connectivity index is 1.78. The fourth-order valence-electron chi connectivity index (χ4n) is 3.02. The minimum atomic E-state index is -0.275. The summed E-state index contributed by atoms with van der Waals surface area (Å²) in [5, 5.41) is 7.08. The standard InChI is InChI=1S/C19H18N4O/c24-18-16(11-6-12-20-18)22-19-21-15-10-5-4-9-14(15)17(23-19)13-7-2-1-3-8-13/h1-5,7-10,16H,6,11-12H2,(H,20,24)(H,21,22,23)/t16-/m0/s1. The number of carbonyl (C=O) groups is 1. The van der Waals surface area contributed by atoms with E-state index in [1.165, 1.54) is 0 Å². The van der Waals surface area contributed by atoms with Crippen LogP contribution < -0.4 is 10.6 Å². The number of piperidine rings is 1. The molecule has 2 aromatic carbocycles. The topological polar surface area (TPSA) is 66.9 Å². The first kappa shape index (κ1) is 14.6. The molecule has 0 spiro atoms. The van der Waals surface area contributed by atoms with Gasteiger partial charge in [0.15, 0.2) is 0 Å². The minimum absolute atomic E-state index is 0.0132. The summed E-state index contributed by atoms with van der Waals surface area (Å²) in [7, 11) is 0. The molecule has 0 saturated carbocycles. The Morgan fingerprint density at radius 1 is 1.00 bits per heavy atom. The van der Waals surface area contributed by atoms with E-state index in [9.17, 15) is 4.79 Å². The van der Waals surface area contributed by atoms with E-state index in [2.05, 4.69) is 15.6 Å². The van der Waals surface area contributed by atoms with Crippen LogP contribution in [0.15, 0.2) is 54.6 Å². The Kier molecular flexibility index (Phi) is 3.83. The third-order valence-corrected chi connectivity index (χ3v) is 4.24. The molecule has 1 fully saturated rings. The second kappa shape index (κ2) is 6.28. The van der Waals surface area contributed by atoms with Crippen LogP contribution in [0.3, 0.4) is 0 Å². The molecule has 0 unspecified atom stereocenters. The molecule has 2 heterocycles. The van der Waals surface area contributed by atoms with Crippen molar-refractivity contribution in [2.24, 2.45) is 0 Å². The van der Waals surface area contributed by atoms with Crippen LogP contribution in [-0.4, -0.2) is 28.5 Å². The molecule has 1 amide bonds. The van der Waals surface area contributed by atoms with Crippen molar-refractivity contribution in [3.05, 3.63) is 54.6 Å². The van der Waals surface area contributed by atoms with Gasteiger partial charge in [0.1, 0.15) is 6.04 Å². The number of rotatable bonds is 3. The van der Waals surface area contributed by atoms with Crippen molar-refractivity contribution in [2.45, 2.75) is 18.9 Å². The van der Waals surface area contributed by atoms with Gasteiger partial charge in [0, 0.05) is 17.5 Å². The molecule has 5 heteroatoms. The van der Waals surface area contributed by atoms with Crippen molar-refractivity contribution in [1.82, 2.24) is 15.3 Å². The van der Waals surface area contributed by atoms with E-state index in [4.69, 9.17) is 4.98 Å². The molecule has 1 atom stereocenters. The van der Waals surface area contributed by atoms with E-state index >= 15 is 0 Å². The minimum Gasteiger partial charge on any atom is -0.354 e. The van der Waals surface area contributed by atoms with Gasteiger partial charge in [0.2, 0.25) is 11.9 Å². The first-order chi connectivity index (χ1) is 11.8. The van der Waals surface area contributed by atoms with Gasteiger partial charge in [-0.25, -0.2) is 9.97 Å². The zero-order valence-electron chi connectivity index (χ0n) is 13.2. The lowest BCUT2D eigenvalue weighted by Crippen LogP contribution is -2.44. The molecule has 24 heavy (non-hydrogen) atoms. The van der Waals surface area contributed by atoms with Crippen LogP contribution in [0.5, 0.6) is 0 Å². The molecule has 2 N–H and O–H groups in total. The van der Waals surface area contributed by atoms with Gasteiger partial charge in [-0.2, -0.15) is 0 Å². The monoisotopic (exact) mass is 318 g/mol. The van der Waals surface area contributed by atoms with Crippen LogP contribution in [0.25, 0.3) is 22.2 Å². The van der Waals surface area contributed by atoms with Crippen LogP contribution in [0.2, 0.25) is 0 Å². The number of amides is 1. The normalized spacial score (nSPS) is 17.5. The predicted octanol–water partition coefficient (Wildman–Crippen LogP) is 2.99. The van der Waals surface area contributed by atoms with E-state index in [0.717, 1.165) is 41.5 Å². The van der Waals surface area contributed by atoms with Crippen molar-refractivity contribution in [3.63, 3.8) is 0 Å². The molecule has 0 radical (unpaired) electrons. The molecular formula is C19H18N4O. The van der Waals surface area contributed by atoms with Crippen LogP contribution in [0.1, 0.15) is 12.8 Å². The summed E-state index contributed by atoms with van der Waals surface area (Å²) in [6.07, 6.45) is 1.76. The van der Waals surface area contributed by atoms with E-state index in [0.29, 0.717) is 5.95 Å². The summed E-state index contributed by atoms with van der Waals surface area (Å²) in [5.41, 5.74) is 2.78. The molecule has 3 aromatic rings. The van der Waals surface area contributed by atoms with Gasteiger partial charge >= 0.3 is 0 Å². The Bertz CT molecular complexity index is 879. The Morgan fingerprint density at radius 3 is 2.62 bits per heavy atom. The summed E-state index contributed by atoms with van der Waals surface area (Å²) in [5.74, 6) is 0.508. The predicted molar refractivity (Wildman–Crippen MR) is 94.6 cm³/mol. The summed E-state index contributed by atoms with van der Waals surface area (Å²) >= 11 is 0. The average molecular weight is 318 g/mol. The van der Waals surface area contributed by atoms with Crippen molar-refractivity contribution in [1.29, 1.82) is 0 Å². The van der Waals surface area contributed by atoms with Crippen LogP contribution >= 0.6 is 0 Å². The number of carbonyl (C=O) groups excluding carboxylic acids is 1. The molecule has 1 saturated heterocycles. The molecule has 0 bridgehead atoms. The number of aromatic nitrogens is 2. The maximum atomic E-state index is 12.0. The maximum Gasteiger partial charge on any atom is 0.242 e. The number of anilines is 1. The lowest BCUT2D eigenvalue weighted by molar-refractivity contribution is -0.123. The highest BCUT2D eigenvalue weighted by Crippen LogP contribution is 2.27. The molecule has 0 aliphatic carbocycles. The fraction of sp³-hybridized carbons (Fsp3) is 0.211. The van der Waals surface area contributed by atoms with Crippen molar-refractivity contribution < 1.29 is 4.79 Å². The largest absolute Gasteiger partial charge is 0.354 e. The average Bonchev–Trinajstić information content (AvgIpc) is 2.64. The third kappa shape index (κ3) is 2.80. The number of nitrogens with zero attached hydrogens (tertiary/aromatic N) is 2. The van der Waals surface area contributed by atoms with Gasteiger partial charge in [-0.3, -0.25) is 4.79 Å². The van der Waals surface area contributed by atoms with Crippen molar-refractivity contribution >= 4 is 22.8 Å². The lowest BCUT2D eigenvalue weighted by Gasteiger charge is -2.23. The highest BCUT2D eigenvalue weighted by Gasteiger charge is 2.23. The third-order valence-electron chi connectivity index (χ3n) is 4.24. The highest BCUT2D eigenvalue weighted by molar-refractivity contribution is 5.93. The van der Waals surface area contributed by atoms with E-state index in [-0.39, 0.29) is 11.9 Å². The number of hydrogen-bond acceptors (Lipinski definition) is 4. The van der Waals surface area contributed by atoms with Gasteiger partial charge in [0.25, 0.3) is 0 Å². The second-order valence-electron chi connectivity index (χ2n) is 5.91. The summed E-state index contributed by atoms with van der Waals surface area (Å²) in [6.45, 7) is 0.741. The van der Waals surface area contributed by atoms with E-state index < -0.39 is 0 Å². The Labute approximate surface area is 140 Å². The first-order valence-corrected chi connectivity index (χ1v) is 8.18. The number of benzene rings is 2. The Hall–Kier alpha value is -2.95. The van der Waals surface area contributed by atoms with Crippen LogP contribution in [0.4, 0.5) is 5.95 Å². The molecule has 1 aliphatic rings. The van der Waals surface area contributed by atoms with Crippen LogP contribution in [-0.2, 0) is 4.79 Å². The van der Waals surface area contributed by atoms with Crippen LogP contribution in [0, 0.1) is 0 Å². The maximum absolute atomic E-state index is 12.0. The highest BCUT2D eigenvalue weighted by atomic mass is 16.2. The second-order valence-corrected chi connectivity index (χ2v) is 5.91. The summed E-state index contributed by atoms with van der Waals surface area (Å²) < 4.78 is 0. The van der Waals surface area contributed by atoms with Gasteiger partial charge in [-0.05, 0) is 18.9 Å². The van der Waals surface area contributed by atoms with E-state index in [1.54, 1.807) is 0 Å². The molecule has 1 aromatic heterocycles. The van der Waals surface area contributed by atoms with Crippen molar-refractivity contribution in [3.8, 4) is 11.3 Å². The van der Waals surface area contributed by atoms with E-state index in [1.807, 2.05) is 54.6 Å². The quantitative estimate of drug-likeness (QED) is 0.779. The number of nitrogens with one attached hydrogen (secondary N) is 2. The number of para-hydroxylation sites is 1. The molecule has 5 nitrogen and oxygen atoms in total. The zero-order chi connectivity index (χ0) is 16.4.